The Morgan fingerprint density at radius 3 is 2.51 bits per heavy atom. The molecule has 7 rings (SSSR count). The van der Waals surface area contributed by atoms with E-state index >= 15 is 0 Å². The van der Waals surface area contributed by atoms with Gasteiger partial charge in [-0.25, -0.2) is 4.79 Å². The van der Waals surface area contributed by atoms with Crippen molar-refractivity contribution < 1.29 is 44.5 Å². The van der Waals surface area contributed by atoms with E-state index in [1.165, 1.54) is 0 Å². The van der Waals surface area contributed by atoms with Gasteiger partial charge in [-0.3, -0.25) is 4.99 Å². The van der Waals surface area contributed by atoms with Gasteiger partial charge in [-0.2, -0.15) is 0 Å². The number of benzene rings is 1. The molecular formula is C37H51NO9. The van der Waals surface area contributed by atoms with E-state index in [1.54, 1.807) is 25.1 Å². The number of aromatic hydroxyl groups is 1. The van der Waals surface area contributed by atoms with Gasteiger partial charge in [-0.15, -0.1) is 0 Å². The lowest BCUT2D eigenvalue weighted by Gasteiger charge is -2.66. The fourth-order valence-corrected chi connectivity index (χ4v) is 10.9. The second-order valence-corrected chi connectivity index (χ2v) is 15.6. The molecule has 0 amide bonds. The predicted molar refractivity (Wildman–Crippen MR) is 173 cm³/mol. The number of nitrogens with zero attached hydrogens (tertiary/aromatic N) is 1. The number of aliphatic hydroxyl groups excluding tert-OH is 2. The minimum atomic E-state index is -1.10. The van der Waals surface area contributed by atoms with Gasteiger partial charge in [-0.1, -0.05) is 19.1 Å². The number of phenols is 1. The number of ether oxygens (including phenoxy) is 3. The molecule has 1 aromatic rings. The molecule has 4 saturated carbocycles. The van der Waals surface area contributed by atoms with Crippen LogP contribution in [0.4, 0.5) is 0 Å². The maximum absolute atomic E-state index is 12.7. The Labute approximate surface area is 276 Å². The van der Waals surface area contributed by atoms with E-state index in [4.69, 9.17) is 19.2 Å². The third kappa shape index (κ3) is 5.47. The van der Waals surface area contributed by atoms with Gasteiger partial charge in [0.1, 0.15) is 18.5 Å². The van der Waals surface area contributed by atoms with E-state index in [0.717, 1.165) is 30.4 Å². The van der Waals surface area contributed by atoms with Crippen molar-refractivity contribution in [3.63, 3.8) is 0 Å². The number of carbonyl (C=O) groups is 1. The van der Waals surface area contributed by atoms with Crippen LogP contribution >= 0.6 is 0 Å². The third-order valence-corrected chi connectivity index (χ3v) is 13.4. The van der Waals surface area contributed by atoms with Gasteiger partial charge in [0.2, 0.25) is 0 Å². The Hall–Kier alpha value is -2.34. The van der Waals surface area contributed by atoms with Crippen LogP contribution in [0.15, 0.2) is 40.9 Å². The third-order valence-electron chi connectivity index (χ3n) is 13.4. The van der Waals surface area contributed by atoms with Crippen LogP contribution in [0.5, 0.6) is 5.75 Å². The summed E-state index contributed by atoms with van der Waals surface area (Å²) in [5.41, 5.74) is -1.00. The fourth-order valence-electron chi connectivity index (χ4n) is 10.9. The van der Waals surface area contributed by atoms with Crippen LogP contribution in [-0.2, 0) is 25.4 Å². The van der Waals surface area contributed by atoms with Crippen LogP contribution in [-0.4, -0.2) is 92.8 Å². The first-order chi connectivity index (χ1) is 22.4. The molecule has 5 fully saturated rings. The molecular weight excluding hydrogens is 602 g/mol. The highest BCUT2D eigenvalue weighted by atomic mass is 16.7. The van der Waals surface area contributed by atoms with Crippen molar-refractivity contribution in [2.45, 2.75) is 126 Å². The quantitative estimate of drug-likeness (QED) is 0.168. The Bertz CT molecular complexity index is 1390. The topological polar surface area (TPSA) is 158 Å². The van der Waals surface area contributed by atoms with E-state index in [9.17, 15) is 30.3 Å². The van der Waals surface area contributed by atoms with Crippen molar-refractivity contribution in [3.8, 4) is 5.75 Å². The van der Waals surface area contributed by atoms with Crippen LogP contribution in [0.1, 0.15) is 83.6 Å². The molecule has 4 unspecified atom stereocenters. The molecule has 5 N–H and O–H groups in total. The van der Waals surface area contributed by atoms with E-state index in [1.807, 2.05) is 18.3 Å². The van der Waals surface area contributed by atoms with Gasteiger partial charge >= 0.3 is 5.97 Å². The summed E-state index contributed by atoms with van der Waals surface area (Å²) in [6, 6.07) is 7.15. The van der Waals surface area contributed by atoms with Gasteiger partial charge < -0.3 is 39.7 Å². The van der Waals surface area contributed by atoms with E-state index in [-0.39, 0.29) is 47.4 Å². The molecule has 0 bridgehead atoms. The zero-order valence-corrected chi connectivity index (χ0v) is 27.6. The van der Waals surface area contributed by atoms with E-state index in [2.05, 4.69) is 6.92 Å². The minimum absolute atomic E-state index is 0.0228. The number of phenolic OH excluding ortho intramolecular Hbond substituents is 1. The lowest BCUT2D eigenvalue weighted by atomic mass is 9.41. The molecule has 1 saturated heterocycles. The summed E-state index contributed by atoms with van der Waals surface area (Å²) in [7, 11) is 0. The number of cyclic esters (lactones) is 1. The number of aliphatic imine (C=N–C) groups is 1. The molecule has 10 nitrogen and oxygen atoms in total. The van der Waals surface area contributed by atoms with Gasteiger partial charge in [0.05, 0.1) is 29.5 Å². The number of hydrogen-bond donors (Lipinski definition) is 5. The largest absolute Gasteiger partial charge is 0.508 e. The number of esters is 1. The van der Waals surface area contributed by atoms with Crippen molar-refractivity contribution in [1.29, 1.82) is 0 Å². The van der Waals surface area contributed by atoms with Crippen LogP contribution in [0, 0.1) is 28.6 Å². The zero-order chi connectivity index (χ0) is 33.2. The molecule has 0 aromatic heterocycles. The molecule has 47 heavy (non-hydrogen) atoms. The van der Waals surface area contributed by atoms with E-state index in [0.29, 0.717) is 58.1 Å². The summed E-state index contributed by atoms with van der Waals surface area (Å²) in [6.07, 6.45) is 7.18. The monoisotopic (exact) mass is 653 g/mol. The Morgan fingerprint density at radius 1 is 1.02 bits per heavy atom. The minimum Gasteiger partial charge on any atom is -0.508 e. The average Bonchev–Trinajstić information content (AvgIpc) is 3.58. The molecule has 12 atom stereocenters. The average molecular weight is 654 g/mol. The first-order valence-corrected chi connectivity index (χ1v) is 17.7. The highest BCUT2D eigenvalue weighted by Crippen LogP contribution is 2.70. The molecule has 2 aliphatic heterocycles. The maximum atomic E-state index is 12.7. The Morgan fingerprint density at radius 2 is 1.79 bits per heavy atom. The smallest absolute Gasteiger partial charge is 0.331 e. The molecule has 6 aliphatic rings. The fraction of sp³-hybridized carbons (Fsp3) is 0.730. The number of aliphatic hydroxyl groups is 4. The first-order valence-electron chi connectivity index (χ1n) is 17.7. The van der Waals surface area contributed by atoms with Crippen molar-refractivity contribution >= 4 is 12.2 Å². The molecule has 2 heterocycles. The van der Waals surface area contributed by atoms with Gasteiger partial charge in [0, 0.05) is 42.5 Å². The number of fused-ring (bicyclic) bond motifs is 5. The molecule has 4 aliphatic carbocycles. The molecule has 1 aromatic carbocycles. The Kier molecular flexibility index (Phi) is 8.62. The van der Waals surface area contributed by atoms with Crippen LogP contribution in [0.3, 0.4) is 0 Å². The lowest BCUT2D eigenvalue weighted by Crippen LogP contribution is -2.69. The number of carbonyl (C=O) groups excluding carboxylic acids is 1. The van der Waals surface area contributed by atoms with Gasteiger partial charge in [-0.05, 0) is 106 Å². The zero-order valence-electron chi connectivity index (χ0n) is 27.6. The predicted octanol–water partition coefficient (Wildman–Crippen LogP) is 3.60. The number of hydrogen-bond acceptors (Lipinski definition) is 10. The van der Waals surface area contributed by atoms with Gasteiger partial charge in [0.15, 0.2) is 6.29 Å². The van der Waals surface area contributed by atoms with Crippen LogP contribution < -0.4 is 0 Å². The van der Waals surface area contributed by atoms with Gasteiger partial charge in [0.25, 0.3) is 0 Å². The standard InChI is InChI=1S/C37H51NO9/c1-22-33(42)30(40)18-32(46-22)47-26-7-13-35(21-38-16-11-23-3-5-25(39)6-4-23)28-8-12-34(2)27(24-17-31(41)45-20-24)10-15-37(34,44)29(28)9-14-36(35,43)19-26/h3-6,17,21-22,26-30,32-33,39-40,42-44H,7-16,18-20H2,1-2H3/t22?,26-,27+,28-,29+,30?,32?,33?,34+,35-,36-,37-/m0/s1. The summed E-state index contributed by atoms with van der Waals surface area (Å²) in [5.74, 6) is 0.0225. The summed E-state index contributed by atoms with van der Waals surface area (Å²) in [5, 5.41) is 55.7. The van der Waals surface area contributed by atoms with Crippen LogP contribution in [0.2, 0.25) is 0 Å². The SMILES string of the molecule is CC1OC(O[C@H]2CC[C@]3(C=NCCc4ccc(O)cc4)[C@H]4CC[C@]5(C)[C@@H](C6=CC(=O)OC6)CC[C@]5(O)[C@@H]4CC[C@]3(O)C2)CC(O)C1O. The summed E-state index contributed by atoms with van der Waals surface area (Å²) < 4.78 is 17.6. The van der Waals surface area contributed by atoms with Crippen LogP contribution in [0.25, 0.3) is 0 Å². The molecule has 0 radical (unpaired) electrons. The lowest BCUT2D eigenvalue weighted by molar-refractivity contribution is -0.282. The molecule has 0 spiro atoms. The summed E-state index contributed by atoms with van der Waals surface area (Å²) in [6.45, 7) is 4.77. The molecule has 258 valence electrons. The van der Waals surface area contributed by atoms with Crippen molar-refractivity contribution in [2.24, 2.45) is 33.6 Å². The second kappa shape index (κ2) is 12.2. The normalized spacial score (nSPS) is 46.4. The maximum Gasteiger partial charge on any atom is 0.331 e. The summed E-state index contributed by atoms with van der Waals surface area (Å²) in [4.78, 5) is 17.0. The number of rotatable bonds is 7. The second-order valence-electron chi connectivity index (χ2n) is 15.6. The Balaban J connectivity index is 1.15. The highest BCUT2D eigenvalue weighted by Gasteiger charge is 2.71. The highest BCUT2D eigenvalue weighted by molar-refractivity contribution is 5.85. The van der Waals surface area contributed by atoms with Crippen molar-refractivity contribution in [1.82, 2.24) is 0 Å². The van der Waals surface area contributed by atoms with Crippen molar-refractivity contribution in [3.05, 3.63) is 41.5 Å². The van der Waals surface area contributed by atoms with E-state index < -0.39 is 41.2 Å². The van der Waals surface area contributed by atoms with Crippen molar-refractivity contribution in [2.75, 3.05) is 13.2 Å². The molecule has 10 heteroatoms. The first kappa shape index (κ1) is 33.2. The summed E-state index contributed by atoms with van der Waals surface area (Å²) >= 11 is 0.